The van der Waals surface area contributed by atoms with Gasteiger partial charge in [-0.2, -0.15) is 0 Å². The van der Waals surface area contributed by atoms with Crippen LogP contribution in [0, 0.1) is 16.0 Å². The average Bonchev–Trinajstić information content (AvgIpc) is 2.69. The fraction of sp³-hybridized carbons (Fsp3) is 0.333. The number of rotatable bonds is 5. The van der Waals surface area contributed by atoms with Gasteiger partial charge in [-0.05, 0) is 18.9 Å². The van der Waals surface area contributed by atoms with Gasteiger partial charge in [-0.1, -0.05) is 19.9 Å². The standard InChI is InChI=1S/C18H21N3O8/c1-10(2)14-16(29-18(23)27-5)20(12-7-6-8-13(9-12)21(24)25)15(11(3)19-14)28-17(22)26-4/h6-10,19H,1-5H3. The lowest BCUT2D eigenvalue weighted by molar-refractivity contribution is -0.384. The first kappa shape index (κ1) is 21.5. The third kappa shape index (κ3) is 4.75. The van der Waals surface area contributed by atoms with Crippen molar-refractivity contribution in [1.82, 2.24) is 5.32 Å². The maximum atomic E-state index is 11.9. The molecule has 0 amide bonds. The van der Waals surface area contributed by atoms with Crippen LogP contribution in [0.25, 0.3) is 0 Å². The Morgan fingerprint density at radius 1 is 1.10 bits per heavy atom. The van der Waals surface area contributed by atoms with Gasteiger partial charge in [-0.15, -0.1) is 0 Å². The van der Waals surface area contributed by atoms with Crippen LogP contribution in [-0.2, 0) is 18.9 Å². The zero-order valence-electron chi connectivity index (χ0n) is 16.5. The largest absolute Gasteiger partial charge is 0.514 e. The summed E-state index contributed by atoms with van der Waals surface area (Å²) >= 11 is 0. The minimum atomic E-state index is -1.03. The number of nitro benzene ring substituents is 1. The van der Waals surface area contributed by atoms with Gasteiger partial charge in [0.15, 0.2) is 0 Å². The third-order valence-electron chi connectivity index (χ3n) is 3.85. The van der Waals surface area contributed by atoms with E-state index >= 15 is 0 Å². The van der Waals surface area contributed by atoms with Gasteiger partial charge in [0.1, 0.15) is 0 Å². The second kappa shape index (κ2) is 8.95. The first-order valence-electron chi connectivity index (χ1n) is 8.47. The molecule has 11 nitrogen and oxygen atoms in total. The Kier molecular flexibility index (Phi) is 6.65. The Bertz CT molecular complexity index is 891. The van der Waals surface area contributed by atoms with Crippen LogP contribution in [0.4, 0.5) is 21.0 Å². The van der Waals surface area contributed by atoms with Gasteiger partial charge in [0.05, 0.1) is 36.2 Å². The lowest BCUT2D eigenvalue weighted by Crippen LogP contribution is -2.39. The van der Waals surface area contributed by atoms with Gasteiger partial charge in [0, 0.05) is 12.1 Å². The molecule has 0 saturated heterocycles. The van der Waals surface area contributed by atoms with Crippen molar-refractivity contribution in [2.24, 2.45) is 5.92 Å². The van der Waals surface area contributed by atoms with E-state index in [2.05, 4.69) is 14.8 Å². The fourth-order valence-corrected chi connectivity index (χ4v) is 2.52. The average molecular weight is 407 g/mol. The minimum absolute atomic E-state index is 0.0585. The molecule has 1 aliphatic heterocycles. The van der Waals surface area contributed by atoms with Crippen molar-refractivity contribution >= 4 is 23.7 Å². The molecule has 1 aromatic rings. The van der Waals surface area contributed by atoms with Gasteiger partial charge in [0.25, 0.3) is 5.69 Å². The highest BCUT2D eigenvalue weighted by atomic mass is 16.7. The van der Waals surface area contributed by atoms with Crippen molar-refractivity contribution in [2.45, 2.75) is 20.8 Å². The topological polar surface area (TPSA) is 129 Å². The molecule has 0 aliphatic carbocycles. The number of carbonyl (C=O) groups excluding carboxylic acids is 2. The molecule has 1 aromatic carbocycles. The molecule has 156 valence electrons. The molecule has 0 aromatic heterocycles. The molecule has 0 fully saturated rings. The van der Waals surface area contributed by atoms with Crippen molar-refractivity contribution in [3.05, 3.63) is 57.5 Å². The molecule has 0 radical (unpaired) electrons. The van der Waals surface area contributed by atoms with Crippen molar-refractivity contribution < 1.29 is 33.5 Å². The Morgan fingerprint density at radius 3 is 2.21 bits per heavy atom. The summed E-state index contributed by atoms with van der Waals surface area (Å²) in [5, 5.41) is 14.3. The number of hydrogen-bond donors (Lipinski definition) is 1. The summed E-state index contributed by atoms with van der Waals surface area (Å²) in [5.74, 6) is -0.303. The molecular formula is C18H21N3O8. The summed E-state index contributed by atoms with van der Waals surface area (Å²) in [4.78, 5) is 35.6. The van der Waals surface area contributed by atoms with Crippen molar-refractivity contribution in [3.8, 4) is 0 Å². The molecule has 0 unspecified atom stereocenters. The van der Waals surface area contributed by atoms with E-state index in [4.69, 9.17) is 9.47 Å². The van der Waals surface area contributed by atoms with Gasteiger partial charge in [0.2, 0.25) is 11.8 Å². The van der Waals surface area contributed by atoms with Gasteiger partial charge in [-0.25, -0.2) is 14.5 Å². The summed E-state index contributed by atoms with van der Waals surface area (Å²) in [6.07, 6.45) is -2.05. The number of allylic oxidation sites excluding steroid dienone is 2. The number of nitro groups is 1. The smallest absolute Gasteiger partial charge is 0.437 e. The van der Waals surface area contributed by atoms with Crippen LogP contribution in [0.15, 0.2) is 47.4 Å². The van der Waals surface area contributed by atoms with E-state index in [1.807, 2.05) is 13.8 Å². The number of ether oxygens (including phenoxy) is 4. The molecule has 1 aliphatic rings. The number of anilines is 1. The van der Waals surface area contributed by atoms with E-state index in [1.54, 1.807) is 6.92 Å². The molecule has 0 atom stereocenters. The Balaban J connectivity index is 2.71. The van der Waals surface area contributed by atoms with Crippen LogP contribution in [0.3, 0.4) is 0 Å². The van der Waals surface area contributed by atoms with Gasteiger partial charge >= 0.3 is 12.3 Å². The number of nitrogens with one attached hydrogen (secondary N) is 1. The number of methoxy groups -OCH3 is 2. The highest BCUT2D eigenvalue weighted by molar-refractivity contribution is 5.70. The van der Waals surface area contributed by atoms with Crippen LogP contribution in [0.5, 0.6) is 0 Å². The van der Waals surface area contributed by atoms with Crippen LogP contribution in [-0.4, -0.2) is 31.5 Å². The summed E-state index contributed by atoms with van der Waals surface area (Å²) in [6, 6.07) is 5.53. The zero-order chi connectivity index (χ0) is 21.7. The first-order valence-corrected chi connectivity index (χ1v) is 8.47. The van der Waals surface area contributed by atoms with Crippen LogP contribution < -0.4 is 10.2 Å². The highest BCUT2D eigenvalue weighted by Crippen LogP contribution is 2.35. The molecule has 0 bridgehead atoms. The van der Waals surface area contributed by atoms with E-state index in [9.17, 15) is 19.7 Å². The normalized spacial score (nSPS) is 13.8. The molecule has 11 heteroatoms. The molecule has 2 rings (SSSR count). The number of benzene rings is 1. The summed E-state index contributed by atoms with van der Waals surface area (Å²) in [7, 11) is 2.27. The Morgan fingerprint density at radius 2 is 1.69 bits per heavy atom. The van der Waals surface area contributed by atoms with Crippen molar-refractivity contribution in [2.75, 3.05) is 19.1 Å². The second-order valence-corrected chi connectivity index (χ2v) is 6.15. The van der Waals surface area contributed by atoms with E-state index in [1.165, 1.54) is 29.2 Å². The molecule has 29 heavy (non-hydrogen) atoms. The monoisotopic (exact) mass is 407 g/mol. The Hall–Kier alpha value is -3.76. The number of non-ortho nitro benzene ring substituents is 1. The van der Waals surface area contributed by atoms with Crippen LogP contribution in [0.2, 0.25) is 0 Å². The van der Waals surface area contributed by atoms with Gasteiger partial charge < -0.3 is 24.3 Å². The predicted molar refractivity (Wildman–Crippen MR) is 100 cm³/mol. The third-order valence-corrected chi connectivity index (χ3v) is 3.85. The van der Waals surface area contributed by atoms with E-state index < -0.39 is 17.2 Å². The van der Waals surface area contributed by atoms with Gasteiger partial charge in [-0.3, -0.25) is 10.1 Å². The summed E-state index contributed by atoms with van der Waals surface area (Å²) in [6.45, 7) is 5.31. The second-order valence-electron chi connectivity index (χ2n) is 6.15. The van der Waals surface area contributed by atoms with Crippen LogP contribution >= 0.6 is 0 Å². The minimum Gasteiger partial charge on any atom is -0.437 e. The highest BCUT2D eigenvalue weighted by Gasteiger charge is 2.35. The quantitative estimate of drug-likeness (QED) is 0.439. The SMILES string of the molecule is COC(=O)OC1=C(C)NC(C(C)C)=C(OC(=O)OC)N1c1cccc([N+](=O)[O-])c1. The lowest BCUT2D eigenvalue weighted by Gasteiger charge is -2.35. The van der Waals surface area contributed by atoms with E-state index in [0.29, 0.717) is 11.4 Å². The molecular weight excluding hydrogens is 386 g/mol. The lowest BCUT2D eigenvalue weighted by atomic mass is 10.1. The molecule has 1 heterocycles. The van der Waals surface area contributed by atoms with Crippen LogP contribution in [0.1, 0.15) is 20.8 Å². The fourth-order valence-electron chi connectivity index (χ4n) is 2.52. The Labute approximate surface area is 166 Å². The zero-order valence-corrected chi connectivity index (χ0v) is 16.5. The maximum absolute atomic E-state index is 11.9. The van der Waals surface area contributed by atoms with Crippen molar-refractivity contribution in [1.29, 1.82) is 0 Å². The number of nitrogens with zero attached hydrogens (tertiary/aromatic N) is 2. The molecule has 1 N–H and O–H groups in total. The molecule has 0 saturated carbocycles. The number of hydrogen-bond acceptors (Lipinski definition) is 10. The summed E-state index contributed by atoms with van der Waals surface area (Å²) < 4.78 is 19.7. The first-order chi connectivity index (χ1) is 13.7. The number of carbonyl (C=O) groups is 2. The molecule has 0 spiro atoms. The predicted octanol–water partition coefficient (Wildman–Crippen LogP) is 3.58. The van der Waals surface area contributed by atoms with Crippen molar-refractivity contribution in [3.63, 3.8) is 0 Å². The van der Waals surface area contributed by atoms with E-state index in [-0.39, 0.29) is 29.1 Å². The maximum Gasteiger partial charge on any atom is 0.514 e. The van der Waals surface area contributed by atoms with E-state index in [0.717, 1.165) is 14.2 Å². The summed E-state index contributed by atoms with van der Waals surface area (Å²) in [5.41, 5.74) is 0.870.